The van der Waals surface area contributed by atoms with Crippen LogP contribution >= 0.6 is 0 Å². The summed E-state index contributed by atoms with van der Waals surface area (Å²) in [7, 11) is 0. The molecule has 0 unspecified atom stereocenters. The maximum absolute atomic E-state index is 12.3. The molecule has 0 spiro atoms. The van der Waals surface area contributed by atoms with E-state index in [0.29, 0.717) is 17.9 Å². The second-order valence-corrected chi connectivity index (χ2v) is 5.74. The molecule has 0 aromatic heterocycles. The van der Waals surface area contributed by atoms with E-state index in [-0.39, 0.29) is 11.6 Å². The largest absolute Gasteiger partial charge is 0.489 e. The third-order valence-electron chi connectivity index (χ3n) is 4.05. The van der Waals surface area contributed by atoms with Crippen LogP contribution in [0.1, 0.15) is 28.8 Å². The Morgan fingerprint density at radius 1 is 1.04 bits per heavy atom. The van der Waals surface area contributed by atoms with E-state index in [0.717, 1.165) is 31.5 Å². The van der Waals surface area contributed by atoms with Crippen molar-refractivity contribution in [3.05, 3.63) is 69.8 Å². The van der Waals surface area contributed by atoms with Crippen LogP contribution in [-0.2, 0) is 6.61 Å². The van der Waals surface area contributed by atoms with E-state index in [1.165, 1.54) is 12.1 Å². The van der Waals surface area contributed by atoms with Gasteiger partial charge in [0.15, 0.2) is 0 Å². The van der Waals surface area contributed by atoms with Crippen LogP contribution in [0.3, 0.4) is 0 Å². The van der Waals surface area contributed by atoms with Gasteiger partial charge in [0.25, 0.3) is 11.6 Å². The molecule has 1 aliphatic rings. The molecule has 24 heavy (non-hydrogen) atoms. The molecule has 2 aromatic rings. The summed E-state index contributed by atoms with van der Waals surface area (Å²) in [6.45, 7) is 2.02. The lowest BCUT2D eigenvalue weighted by atomic mass is 10.1. The van der Waals surface area contributed by atoms with Crippen molar-refractivity contribution >= 4 is 11.6 Å². The number of hydrogen-bond acceptors (Lipinski definition) is 4. The predicted molar refractivity (Wildman–Crippen MR) is 89.0 cm³/mol. The van der Waals surface area contributed by atoms with Crippen molar-refractivity contribution in [3.8, 4) is 5.75 Å². The van der Waals surface area contributed by atoms with Gasteiger partial charge in [0.2, 0.25) is 0 Å². The Hall–Kier alpha value is -2.89. The summed E-state index contributed by atoms with van der Waals surface area (Å²) < 4.78 is 5.61. The fourth-order valence-corrected chi connectivity index (χ4v) is 2.68. The number of hydrogen-bond donors (Lipinski definition) is 0. The molecular weight excluding hydrogens is 308 g/mol. The van der Waals surface area contributed by atoms with E-state index in [4.69, 9.17) is 4.74 Å². The van der Waals surface area contributed by atoms with Gasteiger partial charge < -0.3 is 9.64 Å². The van der Waals surface area contributed by atoms with Gasteiger partial charge in [-0.25, -0.2) is 0 Å². The van der Waals surface area contributed by atoms with Gasteiger partial charge in [-0.3, -0.25) is 14.9 Å². The predicted octanol–water partition coefficient (Wildman–Crippen LogP) is 3.41. The van der Waals surface area contributed by atoms with Gasteiger partial charge in [0, 0.05) is 30.8 Å². The summed E-state index contributed by atoms with van der Waals surface area (Å²) in [6, 6.07) is 13.3. The van der Waals surface area contributed by atoms with Crippen LogP contribution in [0.15, 0.2) is 48.5 Å². The third kappa shape index (κ3) is 3.71. The smallest absolute Gasteiger partial charge is 0.269 e. The van der Waals surface area contributed by atoms with Crippen LogP contribution < -0.4 is 4.74 Å². The molecule has 0 N–H and O–H groups in total. The van der Waals surface area contributed by atoms with Crippen LogP contribution in [0.4, 0.5) is 5.69 Å². The number of carbonyl (C=O) groups is 1. The summed E-state index contributed by atoms with van der Waals surface area (Å²) in [5.74, 6) is 0.646. The van der Waals surface area contributed by atoms with Crippen molar-refractivity contribution in [1.29, 1.82) is 0 Å². The van der Waals surface area contributed by atoms with E-state index in [1.807, 2.05) is 29.2 Å². The van der Waals surface area contributed by atoms with E-state index >= 15 is 0 Å². The van der Waals surface area contributed by atoms with E-state index in [2.05, 4.69) is 0 Å². The molecule has 6 heteroatoms. The fraction of sp³-hybridized carbons (Fsp3) is 0.278. The standard InChI is InChI=1S/C18H18N2O4/c21-18(19-11-1-2-12-19)15-5-3-14(4-6-15)13-24-17-9-7-16(8-10-17)20(22)23/h3-10H,1-2,11-13H2. The Bertz CT molecular complexity index is 720. The number of ether oxygens (including phenoxy) is 1. The molecule has 124 valence electrons. The number of nitro benzene ring substituents is 1. The first-order chi connectivity index (χ1) is 11.6. The first kappa shape index (κ1) is 16.0. The minimum Gasteiger partial charge on any atom is -0.489 e. The number of likely N-dealkylation sites (tertiary alicyclic amines) is 1. The van der Waals surface area contributed by atoms with E-state index in [1.54, 1.807) is 12.1 Å². The number of non-ortho nitro benzene ring substituents is 1. The highest BCUT2D eigenvalue weighted by Crippen LogP contribution is 2.19. The van der Waals surface area contributed by atoms with Crippen LogP contribution in [0, 0.1) is 10.1 Å². The summed E-state index contributed by atoms with van der Waals surface area (Å²) >= 11 is 0. The molecule has 0 radical (unpaired) electrons. The topological polar surface area (TPSA) is 72.7 Å². The number of benzene rings is 2. The molecule has 1 aliphatic heterocycles. The lowest BCUT2D eigenvalue weighted by molar-refractivity contribution is -0.384. The average Bonchev–Trinajstić information content (AvgIpc) is 3.15. The van der Waals surface area contributed by atoms with Crippen LogP contribution in [0.25, 0.3) is 0 Å². The van der Waals surface area contributed by atoms with Crippen LogP contribution in [0.2, 0.25) is 0 Å². The Morgan fingerprint density at radius 2 is 1.67 bits per heavy atom. The Morgan fingerprint density at radius 3 is 2.25 bits per heavy atom. The van der Waals surface area contributed by atoms with E-state index < -0.39 is 4.92 Å². The molecule has 1 saturated heterocycles. The third-order valence-corrected chi connectivity index (χ3v) is 4.05. The molecule has 0 atom stereocenters. The number of carbonyl (C=O) groups excluding carboxylic acids is 1. The first-order valence-electron chi connectivity index (χ1n) is 7.89. The molecule has 3 rings (SSSR count). The zero-order valence-corrected chi connectivity index (χ0v) is 13.2. The monoisotopic (exact) mass is 326 g/mol. The normalized spacial score (nSPS) is 13.8. The van der Waals surface area contributed by atoms with Crippen molar-refractivity contribution < 1.29 is 14.5 Å². The Labute approximate surface area is 139 Å². The Balaban J connectivity index is 1.57. The highest BCUT2D eigenvalue weighted by molar-refractivity contribution is 5.94. The average molecular weight is 326 g/mol. The van der Waals surface area contributed by atoms with Gasteiger partial charge in [-0.05, 0) is 42.7 Å². The van der Waals surface area contributed by atoms with E-state index in [9.17, 15) is 14.9 Å². The fourth-order valence-electron chi connectivity index (χ4n) is 2.68. The number of nitro groups is 1. The SMILES string of the molecule is O=C(c1ccc(COc2ccc([N+](=O)[O-])cc2)cc1)N1CCCC1. The molecular formula is C18H18N2O4. The summed E-state index contributed by atoms with van der Waals surface area (Å²) in [5, 5.41) is 10.6. The lowest BCUT2D eigenvalue weighted by Crippen LogP contribution is -2.27. The van der Waals surface area contributed by atoms with Crippen LogP contribution in [0.5, 0.6) is 5.75 Å². The molecule has 0 saturated carbocycles. The van der Waals surface area contributed by atoms with Gasteiger partial charge in [0.05, 0.1) is 4.92 Å². The highest BCUT2D eigenvalue weighted by Gasteiger charge is 2.19. The van der Waals surface area contributed by atoms with Gasteiger partial charge in [-0.1, -0.05) is 12.1 Å². The molecule has 2 aromatic carbocycles. The minimum absolute atomic E-state index is 0.0344. The summed E-state index contributed by atoms with van der Waals surface area (Å²) in [4.78, 5) is 24.3. The number of rotatable bonds is 5. The number of amides is 1. The first-order valence-corrected chi connectivity index (χ1v) is 7.89. The van der Waals surface area contributed by atoms with Gasteiger partial charge in [-0.15, -0.1) is 0 Å². The molecule has 1 fully saturated rings. The quantitative estimate of drug-likeness (QED) is 0.623. The molecule has 1 amide bonds. The minimum atomic E-state index is -0.445. The number of nitrogens with zero attached hydrogens (tertiary/aromatic N) is 2. The molecule has 0 bridgehead atoms. The zero-order valence-electron chi connectivity index (χ0n) is 13.2. The van der Waals surface area contributed by atoms with Gasteiger partial charge >= 0.3 is 0 Å². The van der Waals surface area contributed by atoms with Crippen molar-refractivity contribution in [3.63, 3.8) is 0 Å². The second-order valence-electron chi connectivity index (χ2n) is 5.74. The molecule has 1 heterocycles. The van der Waals surface area contributed by atoms with Gasteiger partial charge in [0.1, 0.15) is 12.4 Å². The highest BCUT2D eigenvalue weighted by atomic mass is 16.6. The van der Waals surface area contributed by atoms with Crippen molar-refractivity contribution in [2.24, 2.45) is 0 Å². The van der Waals surface area contributed by atoms with Gasteiger partial charge in [-0.2, -0.15) is 0 Å². The van der Waals surface area contributed by atoms with Crippen LogP contribution in [-0.4, -0.2) is 28.8 Å². The summed E-state index contributed by atoms with van der Waals surface area (Å²) in [5.41, 5.74) is 1.66. The lowest BCUT2D eigenvalue weighted by Gasteiger charge is -2.15. The van der Waals surface area contributed by atoms with Crippen molar-refractivity contribution in [2.75, 3.05) is 13.1 Å². The molecule has 6 nitrogen and oxygen atoms in total. The summed E-state index contributed by atoms with van der Waals surface area (Å²) in [6.07, 6.45) is 2.15. The van der Waals surface area contributed by atoms with Crippen molar-refractivity contribution in [2.45, 2.75) is 19.4 Å². The maximum Gasteiger partial charge on any atom is 0.269 e. The Kier molecular flexibility index (Phi) is 4.74. The molecule has 0 aliphatic carbocycles. The van der Waals surface area contributed by atoms with Crippen molar-refractivity contribution in [1.82, 2.24) is 4.90 Å². The maximum atomic E-state index is 12.3. The zero-order chi connectivity index (χ0) is 16.9. The second kappa shape index (κ2) is 7.12.